The molecule has 0 saturated carbocycles. The third-order valence-electron chi connectivity index (χ3n) is 3.77. The predicted molar refractivity (Wildman–Crippen MR) is 84.3 cm³/mol. The Hall–Kier alpha value is -1.71. The molecule has 3 rings (SSSR count). The van der Waals surface area contributed by atoms with Gasteiger partial charge in [0.2, 0.25) is 0 Å². The lowest BCUT2D eigenvalue weighted by molar-refractivity contribution is 0.0638. The van der Waals surface area contributed by atoms with Crippen molar-refractivity contribution in [2.45, 2.75) is 19.1 Å². The summed E-state index contributed by atoms with van der Waals surface area (Å²) in [5.74, 6) is 1.58. The Morgan fingerprint density at radius 3 is 2.67 bits per heavy atom. The predicted octanol–water partition coefficient (Wildman–Crippen LogP) is 3.75. The summed E-state index contributed by atoms with van der Waals surface area (Å²) in [6, 6.07) is 13.9. The van der Waals surface area contributed by atoms with Gasteiger partial charge in [-0.2, -0.15) is 0 Å². The monoisotopic (exact) mass is 303 g/mol. The van der Waals surface area contributed by atoms with Crippen molar-refractivity contribution in [3.8, 4) is 11.5 Å². The van der Waals surface area contributed by atoms with E-state index in [9.17, 15) is 0 Å². The molecule has 0 amide bonds. The fraction of sp³-hybridized carbons (Fsp3) is 0.294. The van der Waals surface area contributed by atoms with E-state index in [0.29, 0.717) is 6.61 Å². The minimum Gasteiger partial charge on any atom is -0.486 e. The molecule has 2 aromatic carbocycles. The van der Waals surface area contributed by atoms with Crippen LogP contribution in [0.2, 0.25) is 5.02 Å². The van der Waals surface area contributed by atoms with Crippen molar-refractivity contribution >= 4 is 11.6 Å². The lowest BCUT2D eigenvalue weighted by Crippen LogP contribution is -2.40. The Balaban J connectivity index is 1.86. The van der Waals surface area contributed by atoms with Crippen molar-refractivity contribution in [1.29, 1.82) is 0 Å². The number of hydrogen-bond acceptors (Lipinski definition) is 3. The van der Waals surface area contributed by atoms with Gasteiger partial charge in [-0.3, -0.25) is 0 Å². The van der Waals surface area contributed by atoms with Gasteiger partial charge in [0.05, 0.1) is 6.04 Å². The third-order valence-corrected chi connectivity index (χ3v) is 4.18. The van der Waals surface area contributed by atoms with E-state index < -0.39 is 0 Å². The highest BCUT2D eigenvalue weighted by Gasteiger charge is 2.29. The Labute approximate surface area is 129 Å². The fourth-order valence-corrected chi connectivity index (χ4v) is 2.76. The molecule has 0 radical (unpaired) electrons. The molecule has 1 N–H and O–H groups in total. The molecule has 3 nitrogen and oxygen atoms in total. The number of para-hydroxylation sites is 2. The van der Waals surface area contributed by atoms with Crippen LogP contribution < -0.4 is 14.8 Å². The average molecular weight is 304 g/mol. The molecule has 1 aliphatic heterocycles. The van der Waals surface area contributed by atoms with Gasteiger partial charge in [-0.15, -0.1) is 0 Å². The Morgan fingerprint density at radius 2 is 1.95 bits per heavy atom. The van der Waals surface area contributed by atoms with E-state index in [1.165, 1.54) is 0 Å². The number of ether oxygens (including phenoxy) is 2. The minimum absolute atomic E-state index is 0.0245. The van der Waals surface area contributed by atoms with Crippen molar-refractivity contribution in [2.24, 2.45) is 0 Å². The molecular formula is C17H18ClNO2. The zero-order valence-corrected chi connectivity index (χ0v) is 12.9. The number of nitrogens with one attached hydrogen (secondary N) is 1. The first-order valence-electron chi connectivity index (χ1n) is 7.01. The van der Waals surface area contributed by atoms with Crippen LogP contribution >= 0.6 is 11.6 Å². The molecule has 0 fully saturated rings. The number of likely N-dealkylation sites (N-methyl/N-ethyl adjacent to an activating group) is 1. The molecule has 0 bridgehead atoms. The van der Waals surface area contributed by atoms with Gasteiger partial charge in [-0.05, 0) is 43.3 Å². The number of rotatable bonds is 3. The molecule has 110 valence electrons. The molecule has 2 atom stereocenters. The summed E-state index contributed by atoms with van der Waals surface area (Å²) in [6.45, 7) is 2.50. The van der Waals surface area contributed by atoms with Crippen LogP contribution in [0.5, 0.6) is 11.5 Å². The summed E-state index contributed by atoms with van der Waals surface area (Å²) in [7, 11) is 1.92. The quantitative estimate of drug-likeness (QED) is 0.937. The number of benzene rings is 2. The van der Waals surface area contributed by atoms with Gasteiger partial charge in [0.15, 0.2) is 17.6 Å². The molecular weight excluding hydrogens is 286 g/mol. The van der Waals surface area contributed by atoms with Crippen LogP contribution in [0.3, 0.4) is 0 Å². The van der Waals surface area contributed by atoms with Gasteiger partial charge in [-0.25, -0.2) is 0 Å². The normalized spacial score (nSPS) is 18.3. The SMILES string of the molecule is CNC(c1ccc(C)c(Cl)c1)C1COc2ccccc2O1. The second-order valence-electron chi connectivity index (χ2n) is 5.19. The number of aryl methyl sites for hydroxylation is 1. The first-order chi connectivity index (χ1) is 10.2. The van der Waals surface area contributed by atoms with Crippen LogP contribution in [0.4, 0.5) is 0 Å². The Bertz CT molecular complexity index is 644. The van der Waals surface area contributed by atoms with Gasteiger partial charge >= 0.3 is 0 Å². The van der Waals surface area contributed by atoms with E-state index in [-0.39, 0.29) is 12.1 Å². The van der Waals surface area contributed by atoms with Crippen LogP contribution in [0.25, 0.3) is 0 Å². The Morgan fingerprint density at radius 1 is 1.19 bits per heavy atom. The van der Waals surface area contributed by atoms with E-state index in [0.717, 1.165) is 27.6 Å². The van der Waals surface area contributed by atoms with E-state index in [2.05, 4.69) is 11.4 Å². The summed E-state index contributed by atoms with van der Waals surface area (Å²) < 4.78 is 11.9. The number of halogens is 1. The summed E-state index contributed by atoms with van der Waals surface area (Å²) in [5.41, 5.74) is 2.17. The van der Waals surface area contributed by atoms with Crippen LogP contribution in [0.1, 0.15) is 17.2 Å². The lowest BCUT2D eigenvalue weighted by Gasteiger charge is -2.32. The van der Waals surface area contributed by atoms with Gasteiger partial charge in [-0.1, -0.05) is 35.9 Å². The summed E-state index contributed by atoms with van der Waals surface area (Å²) in [6.07, 6.45) is -0.0938. The fourth-order valence-electron chi connectivity index (χ4n) is 2.57. The number of fused-ring (bicyclic) bond motifs is 1. The maximum absolute atomic E-state index is 6.24. The van der Waals surface area contributed by atoms with E-state index >= 15 is 0 Å². The zero-order valence-electron chi connectivity index (χ0n) is 12.1. The molecule has 1 heterocycles. The second kappa shape index (κ2) is 5.96. The van der Waals surface area contributed by atoms with Gasteiger partial charge in [0.1, 0.15) is 6.61 Å². The summed E-state index contributed by atoms with van der Waals surface area (Å²) in [4.78, 5) is 0. The lowest BCUT2D eigenvalue weighted by atomic mass is 10.00. The average Bonchev–Trinajstić information content (AvgIpc) is 2.51. The van der Waals surface area contributed by atoms with Gasteiger partial charge < -0.3 is 14.8 Å². The highest BCUT2D eigenvalue weighted by Crippen LogP contribution is 2.34. The second-order valence-corrected chi connectivity index (χ2v) is 5.60. The highest BCUT2D eigenvalue weighted by atomic mass is 35.5. The van der Waals surface area contributed by atoms with Crippen molar-refractivity contribution in [3.05, 3.63) is 58.6 Å². The molecule has 2 unspecified atom stereocenters. The van der Waals surface area contributed by atoms with Crippen LogP contribution in [-0.4, -0.2) is 19.8 Å². The standard InChI is InChI=1S/C17H18ClNO2/c1-11-7-8-12(9-13(11)18)17(19-2)16-10-20-14-5-3-4-6-15(14)21-16/h3-9,16-17,19H,10H2,1-2H3. The maximum atomic E-state index is 6.24. The van der Waals surface area contributed by atoms with Gasteiger partial charge in [0.25, 0.3) is 0 Å². The minimum atomic E-state index is -0.0938. The first-order valence-corrected chi connectivity index (χ1v) is 7.38. The van der Waals surface area contributed by atoms with Crippen LogP contribution in [-0.2, 0) is 0 Å². The molecule has 0 aliphatic carbocycles. The van der Waals surface area contributed by atoms with E-state index in [1.807, 2.05) is 50.4 Å². The van der Waals surface area contributed by atoms with Crippen LogP contribution in [0, 0.1) is 6.92 Å². The van der Waals surface area contributed by atoms with E-state index in [1.54, 1.807) is 0 Å². The molecule has 2 aromatic rings. The van der Waals surface area contributed by atoms with Crippen molar-refractivity contribution in [2.75, 3.05) is 13.7 Å². The number of hydrogen-bond donors (Lipinski definition) is 1. The van der Waals surface area contributed by atoms with Crippen molar-refractivity contribution in [1.82, 2.24) is 5.32 Å². The van der Waals surface area contributed by atoms with E-state index in [4.69, 9.17) is 21.1 Å². The van der Waals surface area contributed by atoms with Gasteiger partial charge in [0, 0.05) is 5.02 Å². The highest BCUT2D eigenvalue weighted by molar-refractivity contribution is 6.31. The molecule has 1 aliphatic rings. The third kappa shape index (κ3) is 2.85. The van der Waals surface area contributed by atoms with Crippen molar-refractivity contribution < 1.29 is 9.47 Å². The zero-order chi connectivity index (χ0) is 14.8. The smallest absolute Gasteiger partial charge is 0.161 e. The molecule has 0 aromatic heterocycles. The Kier molecular flexibility index (Phi) is 4.04. The first kappa shape index (κ1) is 14.2. The summed E-state index contributed by atoms with van der Waals surface area (Å²) in [5, 5.41) is 4.07. The topological polar surface area (TPSA) is 30.5 Å². The molecule has 0 spiro atoms. The molecule has 0 saturated heterocycles. The largest absolute Gasteiger partial charge is 0.486 e. The summed E-state index contributed by atoms with van der Waals surface area (Å²) >= 11 is 6.24. The maximum Gasteiger partial charge on any atom is 0.161 e. The van der Waals surface area contributed by atoms with Crippen molar-refractivity contribution in [3.63, 3.8) is 0 Å². The molecule has 4 heteroatoms. The van der Waals surface area contributed by atoms with Crippen LogP contribution in [0.15, 0.2) is 42.5 Å². The molecule has 21 heavy (non-hydrogen) atoms.